The van der Waals surface area contributed by atoms with Crippen LogP contribution in [0.25, 0.3) is 0 Å². The van der Waals surface area contributed by atoms with Gasteiger partial charge < -0.3 is 15.5 Å². The van der Waals surface area contributed by atoms with Crippen LogP contribution in [0.3, 0.4) is 0 Å². The molecular weight excluding hydrogens is 314 g/mol. The zero-order valence-electron chi connectivity index (χ0n) is 14.7. The molecule has 6 heteroatoms. The molecule has 2 fully saturated rings. The van der Waals surface area contributed by atoms with Crippen LogP contribution in [-0.2, 0) is 9.59 Å². The van der Waals surface area contributed by atoms with E-state index in [1.54, 1.807) is 0 Å². The van der Waals surface area contributed by atoms with Crippen molar-refractivity contribution < 1.29 is 9.59 Å². The number of carbonyl (C=O) groups is 2. The summed E-state index contributed by atoms with van der Waals surface area (Å²) in [4.78, 5) is 29.0. The average molecular weight is 346 g/mol. The van der Waals surface area contributed by atoms with Gasteiger partial charge in [0.05, 0.1) is 0 Å². The van der Waals surface area contributed by atoms with Crippen LogP contribution in [0.15, 0.2) is 0 Å². The van der Waals surface area contributed by atoms with E-state index in [0.29, 0.717) is 18.9 Å². The van der Waals surface area contributed by atoms with Crippen LogP contribution in [0.5, 0.6) is 0 Å². The molecule has 2 amide bonds. The summed E-state index contributed by atoms with van der Waals surface area (Å²) in [6.07, 6.45) is 4.25. The fourth-order valence-corrected chi connectivity index (χ4v) is 3.55. The number of nitrogens with zero attached hydrogens (tertiary/aromatic N) is 2. The molecule has 2 aliphatic heterocycles. The summed E-state index contributed by atoms with van der Waals surface area (Å²) >= 11 is 0. The Morgan fingerprint density at radius 1 is 1.30 bits per heavy atom. The lowest BCUT2D eigenvalue weighted by Crippen LogP contribution is -2.52. The van der Waals surface area contributed by atoms with Crippen LogP contribution in [0, 0.1) is 11.3 Å². The molecular formula is C17H32ClN3O2. The number of hydrogen-bond donors (Lipinski definition) is 1. The summed E-state index contributed by atoms with van der Waals surface area (Å²) in [5, 5.41) is 0. The van der Waals surface area contributed by atoms with Crippen molar-refractivity contribution >= 4 is 24.2 Å². The predicted molar refractivity (Wildman–Crippen MR) is 94.4 cm³/mol. The Bertz CT molecular complexity index is 430. The van der Waals surface area contributed by atoms with Gasteiger partial charge >= 0.3 is 0 Å². The number of amides is 2. The summed E-state index contributed by atoms with van der Waals surface area (Å²) in [6, 6.07) is -0.284. The maximum Gasteiger partial charge on any atom is 0.245 e. The highest BCUT2D eigenvalue weighted by Gasteiger charge is 2.40. The van der Waals surface area contributed by atoms with Crippen molar-refractivity contribution in [2.75, 3.05) is 26.2 Å². The van der Waals surface area contributed by atoms with Crippen molar-refractivity contribution in [3.63, 3.8) is 0 Å². The Labute approximate surface area is 146 Å². The highest BCUT2D eigenvalue weighted by molar-refractivity contribution is 5.88. The fourth-order valence-electron chi connectivity index (χ4n) is 3.55. The summed E-state index contributed by atoms with van der Waals surface area (Å²) < 4.78 is 0. The lowest BCUT2D eigenvalue weighted by atomic mass is 9.90. The molecule has 2 unspecified atom stereocenters. The Morgan fingerprint density at radius 2 is 2.00 bits per heavy atom. The molecule has 2 rings (SSSR count). The summed E-state index contributed by atoms with van der Waals surface area (Å²) in [6.45, 7) is 9.19. The molecule has 5 nitrogen and oxygen atoms in total. The lowest BCUT2D eigenvalue weighted by Gasteiger charge is -2.37. The molecule has 2 saturated heterocycles. The summed E-state index contributed by atoms with van der Waals surface area (Å²) in [5.41, 5.74) is 5.88. The maximum atomic E-state index is 13.0. The molecule has 2 heterocycles. The number of rotatable bonds is 5. The normalized spacial score (nSPS) is 26.4. The van der Waals surface area contributed by atoms with Crippen LogP contribution in [0.1, 0.15) is 52.9 Å². The Kier molecular flexibility index (Phi) is 7.33. The molecule has 0 aromatic carbocycles. The molecule has 134 valence electrons. The van der Waals surface area contributed by atoms with E-state index in [2.05, 4.69) is 20.8 Å². The van der Waals surface area contributed by atoms with Gasteiger partial charge in [-0.3, -0.25) is 9.59 Å². The first-order chi connectivity index (χ1) is 10.4. The van der Waals surface area contributed by atoms with Crippen molar-refractivity contribution in [1.29, 1.82) is 0 Å². The number of likely N-dealkylation sites (tertiary alicyclic amines) is 2. The van der Waals surface area contributed by atoms with E-state index in [-0.39, 0.29) is 35.7 Å². The molecule has 0 aromatic heterocycles. The van der Waals surface area contributed by atoms with Crippen LogP contribution in [-0.4, -0.2) is 53.8 Å². The van der Waals surface area contributed by atoms with E-state index in [1.807, 2.05) is 9.80 Å². The Balaban J connectivity index is 0.00000264. The zero-order valence-corrected chi connectivity index (χ0v) is 15.5. The van der Waals surface area contributed by atoms with Gasteiger partial charge in [-0.1, -0.05) is 20.8 Å². The molecule has 0 spiro atoms. The quantitative estimate of drug-likeness (QED) is 0.829. The molecule has 0 bridgehead atoms. The van der Waals surface area contributed by atoms with Crippen LogP contribution < -0.4 is 5.73 Å². The van der Waals surface area contributed by atoms with Gasteiger partial charge in [-0.2, -0.15) is 0 Å². The van der Waals surface area contributed by atoms with Gasteiger partial charge in [0, 0.05) is 26.1 Å². The Morgan fingerprint density at radius 3 is 2.52 bits per heavy atom. The maximum absolute atomic E-state index is 13.0. The highest BCUT2D eigenvalue weighted by Crippen LogP contribution is 2.30. The summed E-state index contributed by atoms with van der Waals surface area (Å²) in [5.74, 6) is 0.666. The molecule has 2 aliphatic rings. The first-order valence-corrected chi connectivity index (χ1v) is 8.64. The van der Waals surface area contributed by atoms with E-state index in [9.17, 15) is 9.59 Å². The van der Waals surface area contributed by atoms with E-state index >= 15 is 0 Å². The van der Waals surface area contributed by atoms with Gasteiger partial charge in [-0.25, -0.2) is 0 Å². The van der Waals surface area contributed by atoms with Gasteiger partial charge in [-0.05, 0) is 43.6 Å². The lowest BCUT2D eigenvalue weighted by molar-refractivity contribution is -0.147. The van der Waals surface area contributed by atoms with E-state index in [4.69, 9.17) is 5.73 Å². The van der Waals surface area contributed by atoms with Crippen LogP contribution >= 0.6 is 12.4 Å². The molecule has 23 heavy (non-hydrogen) atoms. The van der Waals surface area contributed by atoms with E-state index in [1.165, 1.54) is 0 Å². The minimum Gasteiger partial charge on any atom is -0.340 e. The molecule has 0 radical (unpaired) electrons. The number of piperidine rings is 1. The van der Waals surface area contributed by atoms with Crippen LogP contribution in [0.2, 0.25) is 0 Å². The smallest absolute Gasteiger partial charge is 0.245 e. The first kappa shape index (κ1) is 20.2. The SMILES string of the molecule is CC(C)CC(C(=O)N1CCC(C)(CN)C1)N1CCCCC1=O.Cl. The third kappa shape index (κ3) is 4.83. The van der Waals surface area contributed by atoms with Gasteiger partial charge in [-0.15, -0.1) is 12.4 Å². The first-order valence-electron chi connectivity index (χ1n) is 8.64. The topological polar surface area (TPSA) is 66.6 Å². The molecule has 0 aromatic rings. The van der Waals surface area contributed by atoms with E-state index < -0.39 is 0 Å². The largest absolute Gasteiger partial charge is 0.340 e. The monoisotopic (exact) mass is 345 g/mol. The minimum absolute atomic E-state index is 0. The second-order valence-corrected chi connectivity index (χ2v) is 7.71. The second kappa shape index (κ2) is 8.34. The Hall–Kier alpha value is -0.810. The van der Waals surface area contributed by atoms with Gasteiger partial charge in [0.15, 0.2) is 0 Å². The van der Waals surface area contributed by atoms with Gasteiger partial charge in [0.2, 0.25) is 11.8 Å². The predicted octanol–water partition coefficient (Wildman–Crippen LogP) is 2.03. The molecule has 2 atom stereocenters. The number of nitrogens with two attached hydrogens (primary N) is 1. The standard InChI is InChI=1S/C17H31N3O2.ClH/c1-13(2)10-14(20-8-5-4-6-15(20)21)16(22)19-9-7-17(3,11-18)12-19;/h13-14H,4-12,18H2,1-3H3;1H. The third-order valence-electron chi connectivity index (χ3n) is 5.08. The third-order valence-corrected chi connectivity index (χ3v) is 5.08. The number of hydrogen-bond acceptors (Lipinski definition) is 3. The van der Waals surface area contributed by atoms with Gasteiger partial charge in [0.25, 0.3) is 0 Å². The van der Waals surface area contributed by atoms with E-state index in [0.717, 1.165) is 45.3 Å². The molecule has 2 N–H and O–H groups in total. The molecule has 0 saturated carbocycles. The van der Waals surface area contributed by atoms with Crippen molar-refractivity contribution in [3.05, 3.63) is 0 Å². The average Bonchev–Trinajstić information content (AvgIpc) is 2.88. The van der Waals surface area contributed by atoms with Crippen LogP contribution in [0.4, 0.5) is 0 Å². The van der Waals surface area contributed by atoms with Crippen molar-refractivity contribution in [1.82, 2.24) is 9.80 Å². The van der Waals surface area contributed by atoms with Gasteiger partial charge in [0.1, 0.15) is 6.04 Å². The van der Waals surface area contributed by atoms with Crippen molar-refractivity contribution in [2.24, 2.45) is 17.1 Å². The second-order valence-electron chi connectivity index (χ2n) is 7.71. The summed E-state index contributed by atoms with van der Waals surface area (Å²) in [7, 11) is 0. The minimum atomic E-state index is -0.284. The van der Waals surface area contributed by atoms with Crippen molar-refractivity contribution in [2.45, 2.75) is 58.9 Å². The molecule has 0 aliphatic carbocycles. The highest BCUT2D eigenvalue weighted by atomic mass is 35.5. The number of carbonyl (C=O) groups excluding carboxylic acids is 2. The number of halogens is 1. The zero-order chi connectivity index (χ0) is 16.3. The fraction of sp³-hybridized carbons (Fsp3) is 0.882. The van der Waals surface area contributed by atoms with Crippen molar-refractivity contribution in [3.8, 4) is 0 Å².